The van der Waals surface area contributed by atoms with Crippen molar-refractivity contribution in [1.29, 1.82) is 0 Å². The maximum Gasteiger partial charge on any atom is 0.160 e. The Labute approximate surface area is 92.4 Å². The fraction of sp³-hybridized carbons (Fsp3) is 0.667. The number of rotatable bonds is 6. The zero-order valence-corrected chi connectivity index (χ0v) is 10.3. The zero-order chi connectivity index (χ0) is 11.9. The van der Waals surface area contributed by atoms with Crippen LogP contribution >= 0.6 is 0 Å². The molecule has 0 saturated heterocycles. The first kappa shape index (κ1) is 14.4. The highest BCUT2D eigenvalue weighted by Crippen LogP contribution is 2.09. The van der Waals surface area contributed by atoms with Crippen LogP contribution in [0.4, 0.5) is 0 Å². The highest BCUT2D eigenvalue weighted by molar-refractivity contribution is 5.13. The Bertz CT molecular complexity index is 220. The van der Waals surface area contributed by atoms with Crippen molar-refractivity contribution in [2.24, 2.45) is 0 Å². The second-order valence-corrected chi connectivity index (χ2v) is 4.13. The molecule has 0 aromatic rings. The van der Waals surface area contributed by atoms with Gasteiger partial charge in [-0.3, -0.25) is 0 Å². The monoisotopic (exact) mass is 214 g/mol. The lowest BCUT2D eigenvalue weighted by Gasteiger charge is -2.13. The summed E-state index contributed by atoms with van der Waals surface area (Å²) in [5.74, 6) is 0. The van der Waals surface area contributed by atoms with Gasteiger partial charge in [0.25, 0.3) is 0 Å². The van der Waals surface area contributed by atoms with E-state index in [-0.39, 0.29) is 6.29 Å². The van der Waals surface area contributed by atoms with Gasteiger partial charge in [-0.1, -0.05) is 23.8 Å². The maximum atomic E-state index is 9.44. The van der Waals surface area contributed by atoms with Gasteiger partial charge in [0.2, 0.25) is 0 Å². The number of methoxy groups -OCH3 is 2. The van der Waals surface area contributed by atoms with Crippen LogP contribution in [0.25, 0.3) is 0 Å². The smallest absolute Gasteiger partial charge is 0.160 e. The summed E-state index contributed by atoms with van der Waals surface area (Å²) in [5, 5.41) is 9.44. The van der Waals surface area contributed by atoms with Gasteiger partial charge in [-0.2, -0.15) is 0 Å². The first-order chi connectivity index (χ1) is 6.89. The van der Waals surface area contributed by atoms with E-state index in [0.717, 1.165) is 12.0 Å². The Morgan fingerprint density at radius 3 is 2.27 bits per heavy atom. The Hall–Kier alpha value is -0.640. The summed E-state index contributed by atoms with van der Waals surface area (Å²) in [6.45, 7) is 5.47. The van der Waals surface area contributed by atoms with Crippen LogP contribution in [0.1, 0.15) is 27.2 Å². The van der Waals surface area contributed by atoms with Crippen LogP contribution < -0.4 is 0 Å². The van der Waals surface area contributed by atoms with E-state index < -0.39 is 5.60 Å². The summed E-state index contributed by atoms with van der Waals surface area (Å²) in [6.07, 6.45) is 6.06. The van der Waals surface area contributed by atoms with Crippen molar-refractivity contribution in [3.63, 3.8) is 0 Å². The minimum absolute atomic E-state index is 0.197. The first-order valence-electron chi connectivity index (χ1n) is 5.02. The van der Waals surface area contributed by atoms with Gasteiger partial charge in [-0.25, -0.2) is 0 Å². The molecule has 0 unspecified atom stereocenters. The number of hydrogen-bond acceptors (Lipinski definition) is 3. The van der Waals surface area contributed by atoms with Gasteiger partial charge < -0.3 is 14.6 Å². The molecular weight excluding hydrogens is 192 g/mol. The molecule has 0 heterocycles. The molecule has 1 N–H and O–H groups in total. The van der Waals surface area contributed by atoms with E-state index in [4.69, 9.17) is 9.47 Å². The molecule has 0 bridgehead atoms. The Morgan fingerprint density at radius 1 is 1.33 bits per heavy atom. The fourth-order valence-corrected chi connectivity index (χ4v) is 1.04. The van der Waals surface area contributed by atoms with Crippen molar-refractivity contribution in [2.45, 2.75) is 39.1 Å². The van der Waals surface area contributed by atoms with Crippen molar-refractivity contribution in [2.75, 3.05) is 14.2 Å². The second-order valence-electron chi connectivity index (χ2n) is 4.13. The topological polar surface area (TPSA) is 38.7 Å². The molecule has 0 aliphatic heterocycles. The van der Waals surface area contributed by atoms with Crippen LogP contribution in [0.15, 0.2) is 23.8 Å². The summed E-state index contributed by atoms with van der Waals surface area (Å²) in [5.41, 5.74) is 0.378. The number of ether oxygens (including phenoxy) is 2. The van der Waals surface area contributed by atoms with E-state index in [9.17, 15) is 5.11 Å². The molecule has 0 radical (unpaired) electrons. The third kappa shape index (κ3) is 8.36. The van der Waals surface area contributed by atoms with E-state index in [0.29, 0.717) is 0 Å². The molecule has 0 aliphatic rings. The fourth-order valence-electron chi connectivity index (χ4n) is 1.04. The molecule has 0 atom stereocenters. The van der Waals surface area contributed by atoms with Crippen LogP contribution in [0, 0.1) is 0 Å². The summed E-state index contributed by atoms with van der Waals surface area (Å²) in [4.78, 5) is 0. The van der Waals surface area contributed by atoms with E-state index >= 15 is 0 Å². The summed E-state index contributed by atoms with van der Waals surface area (Å²) < 4.78 is 10.2. The molecule has 0 fully saturated rings. The van der Waals surface area contributed by atoms with Gasteiger partial charge >= 0.3 is 0 Å². The third-order valence-electron chi connectivity index (χ3n) is 1.90. The second kappa shape index (κ2) is 6.77. The minimum Gasteiger partial charge on any atom is -0.386 e. The summed E-state index contributed by atoms with van der Waals surface area (Å²) in [6, 6.07) is 0. The van der Waals surface area contributed by atoms with E-state index in [2.05, 4.69) is 0 Å². The number of aliphatic hydroxyl groups is 1. The van der Waals surface area contributed by atoms with Crippen LogP contribution in [-0.2, 0) is 9.47 Å². The largest absolute Gasteiger partial charge is 0.386 e. The Balaban J connectivity index is 4.15. The van der Waals surface area contributed by atoms with Gasteiger partial charge in [0.05, 0.1) is 5.60 Å². The van der Waals surface area contributed by atoms with Gasteiger partial charge in [0.15, 0.2) is 6.29 Å². The van der Waals surface area contributed by atoms with Crippen molar-refractivity contribution in [1.82, 2.24) is 0 Å². The Kier molecular flexibility index (Phi) is 6.48. The first-order valence-corrected chi connectivity index (χ1v) is 5.02. The lowest BCUT2D eigenvalue weighted by atomic mass is 10.1. The third-order valence-corrected chi connectivity index (χ3v) is 1.90. The van der Waals surface area contributed by atoms with Crippen molar-refractivity contribution < 1.29 is 14.6 Å². The van der Waals surface area contributed by atoms with Crippen LogP contribution in [0.3, 0.4) is 0 Å². The van der Waals surface area contributed by atoms with E-state index in [1.807, 2.05) is 19.1 Å². The van der Waals surface area contributed by atoms with Gasteiger partial charge in [-0.15, -0.1) is 0 Å². The summed E-state index contributed by atoms with van der Waals surface area (Å²) in [7, 11) is 3.24. The lowest BCUT2D eigenvalue weighted by molar-refractivity contribution is -0.100. The lowest BCUT2D eigenvalue weighted by Crippen LogP contribution is -2.13. The zero-order valence-electron chi connectivity index (χ0n) is 10.3. The normalized spacial score (nSPS) is 14.2. The highest BCUT2D eigenvalue weighted by atomic mass is 16.7. The van der Waals surface area contributed by atoms with Crippen molar-refractivity contribution in [3.05, 3.63) is 23.8 Å². The molecule has 0 aromatic heterocycles. The SMILES string of the molecule is COC(C/C(C)=C/C=C/C(C)(C)O)OC. The molecule has 0 amide bonds. The molecule has 0 aliphatic carbocycles. The minimum atomic E-state index is -0.765. The van der Waals surface area contributed by atoms with Crippen molar-refractivity contribution >= 4 is 0 Å². The standard InChI is InChI=1S/C12H22O3/c1-10(9-11(14-4)15-5)7-6-8-12(2,3)13/h6-8,11,13H,9H2,1-5H3/b8-6+,10-7+. The predicted molar refractivity (Wildman–Crippen MR) is 61.6 cm³/mol. The average molecular weight is 214 g/mol. The summed E-state index contributed by atoms with van der Waals surface area (Å²) >= 11 is 0. The number of hydrogen-bond donors (Lipinski definition) is 1. The molecule has 0 rings (SSSR count). The van der Waals surface area contributed by atoms with Gasteiger partial charge in [-0.05, 0) is 20.8 Å². The molecule has 0 spiro atoms. The van der Waals surface area contributed by atoms with E-state index in [1.54, 1.807) is 34.1 Å². The van der Waals surface area contributed by atoms with Gasteiger partial charge in [0.1, 0.15) is 0 Å². The molecular formula is C12H22O3. The molecule has 0 saturated carbocycles. The van der Waals surface area contributed by atoms with Crippen molar-refractivity contribution in [3.8, 4) is 0 Å². The van der Waals surface area contributed by atoms with E-state index in [1.165, 1.54) is 0 Å². The van der Waals surface area contributed by atoms with Crippen LogP contribution in [-0.4, -0.2) is 31.2 Å². The van der Waals surface area contributed by atoms with Crippen LogP contribution in [0.5, 0.6) is 0 Å². The molecule has 88 valence electrons. The molecule has 3 heteroatoms. The van der Waals surface area contributed by atoms with Crippen LogP contribution in [0.2, 0.25) is 0 Å². The highest BCUT2D eigenvalue weighted by Gasteiger charge is 2.06. The average Bonchev–Trinajstić information content (AvgIpc) is 2.12. The molecule has 15 heavy (non-hydrogen) atoms. The molecule has 3 nitrogen and oxygen atoms in total. The predicted octanol–water partition coefficient (Wildman–Crippen LogP) is 2.27. The maximum absolute atomic E-state index is 9.44. The Morgan fingerprint density at radius 2 is 1.87 bits per heavy atom. The molecule has 0 aromatic carbocycles. The quantitative estimate of drug-likeness (QED) is 0.544. The number of allylic oxidation sites excluding steroid dienone is 2. The van der Waals surface area contributed by atoms with Gasteiger partial charge in [0, 0.05) is 20.6 Å².